The maximum Gasteiger partial charge on any atom is 0.221 e. The van der Waals surface area contributed by atoms with Crippen LogP contribution < -0.4 is 10.6 Å². The smallest absolute Gasteiger partial charge is 0.221 e. The molecule has 1 atom stereocenters. The Labute approximate surface area is 106 Å². The van der Waals surface area contributed by atoms with E-state index in [4.69, 9.17) is 0 Å². The third-order valence-corrected chi connectivity index (χ3v) is 3.45. The Bertz CT molecular complexity index is 206. The van der Waals surface area contributed by atoms with E-state index in [-0.39, 0.29) is 5.91 Å². The van der Waals surface area contributed by atoms with E-state index in [9.17, 15) is 4.79 Å². The molecule has 0 aromatic carbocycles. The van der Waals surface area contributed by atoms with Gasteiger partial charge in [-0.1, -0.05) is 39.0 Å². The average molecular weight is 240 g/mol. The molecule has 1 amide bonds. The summed E-state index contributed by atoms with van der Waals surface area (Å²) in [4.78, 5) is 11.6. The number of hydrogen-bond donors (Lipinski definition) is 2. The molecule has 1 rings (SSSR count). The van der Waals surface area contributed by atoms with Gasteiger partial charge in [-0.05, 0) is 25.8 Å². The molecule has 1 unspecified atom stereocenters. The van der Waals surface area contributed by atoms with Gasteiger partial charge in [0.05, 0.1) is 0 Å². The molecular weight excluding hydrogens is 212 g/mol. The average Bonchev–Trinajstić information content (AvgIpc) is 2.41. The summed E-state index contributed by atoms with van der Waals surface area (Å²) >= 11 is 0. The lowest BCUT2D eigenvalue weighted by molar-refractivity contribution is -0.121. The molecule has 0 bridgehead atoms. The van der Waals surface area contributed by atoms with E-state index in [0.717, 1.165) is 25.9 Å². The maximum absolute atomic E-state index is 11.6. The zero-order valence-corrected chi connectivity index (χ0v) is 11.3. The van der Waals surface area contributed by atoms with Crippen LogP contribution in [0.1, 0.15) is 64.7 Å². The van der Waals surface area contributed by atoms with Crippen molar-refractivity contribution in [3.8, 4) is 0 Å². The predicted octanol–water partition coefficient (Wildman–Crippen LogP) is 2.61. The summed E-state index contributed by atoms with van der Waals surface area (Å²) in [6.45, 7) is 4.16. The number of hydrogen-bond acceptors (Lipinski definition) is 2. The highest BCUT2D eigenvalue weighted by Crippen LogP contribution is 2.10. The van der Waals surface area contributed by atoms with Crippen LogP contribution in [0.2, 0.25) is 0 Å². The van der Waals surface area contributed by atoms with Crippen LogP contribution in [0.15, 0.2) is 0 Å². The summed E-state index contributed by atoms with van der Waals surface area (Å²) in [5.41, 5.74) is 0. The lowest BCUT2D eigenvalue weighted by Gasteiger charge is -2.16. The van der Waals surface area contributed by atoms with Gasteiger partial charge >= 0.3 is 0 Å². The number of carbonyl (C=O) groups is 1. The van der Waals surface area contributed by atoms with Crippen LogP contribution in [-0.4, -0.2) is 25.0 Å². The zero-order valence-electron chi connectivity index (χ0n) is 11.3. The molecule has 0 aromatic rings. The van der Waals surface area contributed by atoms with Crippen LogP contribution in [-0.2, 0) is 4.79 Å². The second-order valence-electron chi connectivity index (χ2n) is 5.12. The highest BCUT2D eigenvalue weighted by atomic mass is 16.1. The fourth-order valence-corrected chi connectivity index (χ4v) is 2.35. The van der Waals surface area contributed by atoms with Crippen LogP contribution in [0, 0.1) is 0 Å². The van der Waals surface area contributed by atoms with Crippen LogP contribution in [0.5, 0.6) is 0 Å². The third-order valence-electron chi connectivity index (χ3n) is 3.45. The summed E-state index contributed by atoms with van der Waals surface area (Å²) < 4.78 is 0. The number of amides is 1. The predicted molar refractivity (Wildman–Crippen MR) is 72.0 cm³/mol. The van der Waals surface area contributed by atoms with E-state index >= 15 is 0 Å². The van der Waals surface area contributed by atoms with Crippen LogP contribution >= 0.6 is 0 Å². The first-order chi connectivity index (χ1) is 8.33. The highest BCUT2D eigenvalue weighted by Gasteiger charge is 2.14. The van der Waals surface area contributed by atoms with Gasteiger partial charge in [0, 0.05) is 19.0 Å². The van der Waals surface area contributed by atoms with Crippen molar-refractivity contribution in [3.05, 3.63) is 0 Å². The lowest BCUT2D eigenvalue weighted by Crippen LogP contribution is -2.34. The van der Waals surface area contributed by atoms with Crippen molar-refractivity contribution in [2.75, 3.05) is 13.1 Å². The SMILES string of the molecule is CCCCCCCC1CC(=O)NCCCCN1. The van der Waals surface area contributed by atoms with E-state index in [2.05, 4.69) is 17.6 Å². The number of rotatable bonds is 6. The molecular formula is C14H28N2O. The number of nitrogens with one attached hydrogen (secondary N) is 2. The Morgan fingerprint density at radius 2 is 1.88 bits per heavy atom. The van der Waals surface area contributed by atoms with E-state index in [1.807, 2.05) is 0 Å². The molecule has 3 nitrogen and oxygen atoms in total. The molecule has 1 aliphatic rings. The van der Waals surface area contributed by atoms with E-state index in [0.29, 0.717) is 12.5 Å². The van der Waals surface area contributed by atoms with Crippen molar-refractivity contribution in [2.24, 2.45) is 0 Å². The van der Waals surface area contributed by atoms with Gasteiger partial charge in [-0.25, -0.2) is 0 Å². The Hall–Kier alpha value is -0.570. The Morgan fingerprint density at radius 3 is 2.71 bits per heavy atom. The second kappa shape index (κ2) is 9.46. The first kappa shape index (κ1) is 14.5. The molecule has 1 heterocycles. The molecule has 17 heavy (non-hydrogen) atoms. The molecule has 2 N–H and O–H groups in total. The summed E-state index contributed by atoms with van der Waals surface area (Å²) in [7, 11) is 0. The minimum atomic E-state index is 0.220. The molecule has 0 aromatic heterocycles. The quantitative estimate of drug-likeness (QED) is 0.701. The Balaban J connectivity index is 2.16. The molecule has 0 spiro atoms. The van der Waals surface area contributed by atoms with Crippen LogP contribution in [0.3, 0.4) is 0 Å². The first-order valence-electron chi connectivity index (χ1n) is 7.33. The summed E-state index contributed by atoms with van der Waals surface area (Å²) in [6.07, 6.45) is 10.6. The van der Waals surface area contributed by atoms with Gasteiger partial charge in [0.25, 0.3) is 0 Å². The topological polar surface area (TPSA) is 41.1 Å². The van der Waals surface area contributed by atoms with Crippen LogP contribution in [0.4, 0.5) is 0 Å². The van der Waals surface area contributed by atoms with E-state index in [1.165, 1.54) is 38.5 Å². The molecule has 1 saturated heterocycles. The molecule has 3 heteroatoms. The number of unbranched alkanes of at least 4 members (excludes halogenated alkanes) is 4. The number of carbonyl (C=O) groups excluding carboxylic acids is 1. The van der Waals surface area contributed by atoms with Crippen molar-refractivity contribution < 1.29 is 4.79 Å². The van der Waals surface area contributed by atoms with Gasteiger partial charge in [0.15, 0.2) is 0 Å². The third kappa shape index (κ3) is 7.37. The fourth-order valence-electron chi connectivity index (χ4n) is 2.35. The monoisotopic (exact) mass is 240 g/mol. The normalized spacial score (nSPS) is 22.4. The van der Waals surface area contributed by atoms with Gasteiger partial charge in [0.1, 0.15) is 0 Å². The zero-order chi connectivity index (χ0) is 12.3. The molecule has 1 aliphatic heterocycles. The molecule has 0 aliphatic carbocycles. The van der Waals surface area contributed by atoms with E-state index < -0.39 is 0 Å². The van der Waals surface area contributed by atoms with Crippen molar-refractivity contribution in [3.63, 3.8) is 0 Å². The Morgan fingerprint density at radius 1 is 1.12 bits per heavy atom. The van der Waals surface area contributed by atoms with Crippen molar-refractivity contribution >= 4 is 5.91 Å². The summed E-state index contributed by atoms with van der Waals surface area (Å²) in [5, 5.41) is 6.51. The van der Waals surface area contributed by atoms with Crippen molar-refractivity contribution in [1.82, 2.24) is 10.6 Å². The summed E-state index contributed by atoms with van der Waals surface area (Å²) in [5.74, 6) is 0.220. The van der Waals surface area contributed by atoms with Gasteiger partial charge in [-0.3, -0.25) is 4.79 Å². The van der Waals surface area contributed by atoms with Gasteiger partial charge in [0.2, 0.25) is 5.91 Å². The lowest BCUT2D eigenvalue weighted by atomic mass is 10.0. The molecule has 0 radical (unpaired) electrons. The van der Waals surface area contributed by atoms with Gasteiger partial charge in [-0.15, -0.1) is 0 Å². The highest BCUT2D eigenvalue weighted by molar-refractivity contribution is 5.76. The minimum Gasteiger partial charge on any atom is -0.356 e. The van der Waals surface area contributed by atoms with Crippen molar-refractivity contribution in [2.45, 2.75) is 70.8 Å². The van der Waals surface area contributed by atoms with Crippen LogP contribution in [0.25, 0.3) is 0 Å². The summed E-state index contributed by atoms with van der Waals surface area (Å²) in [6, 6.07) is 0.398. The second-order valence-corrected chi connectivity index (χ2v) is 5.12. The molecule has 0 saturated carbocycles. The maximum atomic E-state index is 11.6. The first-order valence-corrected chi connectivity index (χ1v) is 7.33. The van der Waals surface area contributed by atoms with E-state index in [1.54, 1.807) is 0 Å². The molecule has 1 fully saturated rings. The minimum absolute atomic E-state index is 0.220. The van der Waals surface area contributed by atoms with Gasteiger partial charge < -0.3 is 10.6 Å². The largest absolute Gasteiger partial charge is 0.356 e. The van der Waals surface area contributed by atoms with Gasteiger partial charge in [-0.2, -0.15) is 0 Å². The standard InChI is InChI=1S/C14H28N2O/c1-2-3-4-5-6-9-13-12-14(17)16-11-8-7-10-15-13/h13,15H,2-12H2,1H3,(H,16,17). The Kier molecular flexibility index (Phi) is 8.06. The molecule has 100 valence electrons. The fraction of sp³-hybridized carbons (Fsp3) is 0.929. The van der Waals surface area contributed by atoms with Crippen molar-refractivity contribution in [1.29, 1.82) is 0 Å².